The van der Waals surface area contributed by atoms with Crippen molar-refractivity contribution in [1.29, 1.82) is 0 Å². The minimum absolute atomic E-state index is 0.0609. The van der Waals surface area contributed by atoms with E-state index >= 15 is 0 Å². The van der Waals surface area contributed by atoms with E-state index in [-0.39, 0.29) is 29.8 Å². The first-order valence-corrected chi connectivity index (χ1v) is 13.7. The highest BCUT2D eigenvalue weighted by Crippen LogP contribution is 2.41. The van der Waals surface area contributed by atoms with Crippen LogP contribution in [-0.4, -0.2) is 35.4 Å². The molecule has 0 radical (unpaired) electrons. The van der Waals surface area contributed by atoms with Crippen molar-refractivity contribution >= 4 is 17.5 Å². The van der Waals surface area contributed by atoms with Crippen LogP contribution >= 0.6 is 0 Å². The molecule has 2 aliphatic heterocycles. The average molecular weight is 488 g/mol. The Balaban J connectivity index is 1.06. The molecule has 2 amide bonds. The smallest absolute Gasteiger partial charge is 0.231 e. The number of hydrogen-bond acceptors (Lipinski definition) is 5. The maximum Gasteiger partial charge on any atom is 0.231 e. The fourth-order valence-electron chi connectivity index (χ4n) is 7.07. The monoisotopic (exact) mass is 487 g/mol. The molecular formula is C29H37N5O2. The van der Waals surface area contributed by atoms with Gasteiger partial charge in [0.2, 0.25) is 11.8 Å². The third-order valence-electron chi connectivity index (χ3n) is 8.90. The highest BCUT2D eigenvalue weighted by Gasteiger charge is 2.43. The Labute approximate surface area is 213 Å². The number of benzene rings is 1. The predicted octanol–water partition coefficient (Wildman–Crippen LogP) is 3.59. The lowest BCUT2D eigenvalue weighted by molar-refractivity contribution is -0.127. The van der Waals surface area contributed by atoms with Gasteiger partial charge in [-0.3, -0.25) is 20.0 Å². The summed E-state index contributed by atoms with van der Waals surface area (Å²) in [7, 11) is 0. The number of nitrogens with one attached hydrogen (secondary N) is 3. The maximum absolute atomic E-state index is 13.4. The summed E-state index contributed by atoms with van der Waals surface area (Å²) in [6, 6.07) is 13.2. The predicted molar refractivity (Wildman–Crippen MR) is 139 cm³/mol. The van der Waals surface area contributed by atoms with E-state index in [2.05, 4.69) is 45.4 Å². The van der Waals surface area contributed by atoms with Crippen molar-refractivity contribution in [2.75, 3.05) is 11.4 Å². The molecule has 36 heavy (non-hydrogen) atoms. The number of nitrogens with zero attached hydrogens (tertiary/aromatic N) is 2. The van der Waals surface area contributed by atoms with E-state index in [1.54, 1.807) is 0 Å². The SMILES string of the molecule is Cc1cc(C2NNC3CCC(C(=O)NC4CCCC(CN5C(=O)Cc6ccccc65)C4)CC32)ccn1. The number of anilines is 1. The lowest BCUT2D eigenvalue weighted by Gasteiger charge is -2.36. The Bertz CT molecular complexity index is 1140. The molecule has 1 aromatic heterocycles. The summed E-state index contributed by atoms with van der Waals surface area (Å²) in [6.45, 7) is 2.79. The van der Waals surface area contributed by atoms with Gasteiger partial charge >= 0.3 is 0 Å². The van der Waals surface area contributed by atoms with E-state index in [1.807, 2.05) is 30.2 Å². The highest BCUT2D eigenvalue weighted by molar-refractivity contribution is 6.01. The molecule has 3 heterocycles. The van der Waals surface area contributed by atoms with Gasteiger partial charge in [0, 0.05) is 42.1 Å². The van der Waals surface area contributed by atoms with Gasteiger partial charge in [-0.25, -0.2) is 5.43 Å². The van der Waals surface area contributed by atoms with Gasteiger partial charge in [-0.1, -0.05) is 24.6 Å². The molecule has 4 aliphatic rings. The Morgan fingerprint density at radius 3 is 2.89 bits per heavy atom. The van der Waals surface area contributed by atoms with Crippen LogP contribution in [0.15, 0.2) is 42.6 Å². The molecule has 7 heteroatoms. The summed E-state index contributed by atoms with van der Waals surface area (Å²) in [5.41, 5.74) is 11.5. The molecule has 6 rings (SSSR count). The number of carbonyl (C=O) groups excluding carboxylic acids is 2. The molecule has 190 valence electrons. The standard InChI is InChI=1S/C29H37N5O2/c1-18-13-21(11-12-30-18)28-24-15-22(9-10-25(24)32-33-28)29(36)31-23-7-4-5-19(14-23)17-34-26-8-3-2-6-20(26)16-27(34)35/h2-3,6,8,11-13,19,22-25,28,32-33H,4-5,7,9-10,14-17H2,1H3,(H,31,36). The van der Waals surface area contributed by atoms with Gasteiger partial charge < -0.3 is 10.2 Å². The third-order valence-corrected chi connectivity index (χ3v) is 8.90. The van der Waals surface area contributed by atoms with Gasteiger partial charge in [0.1, 0.15) is 0 Å². The van der Waals surface area contributed by atoms with Crippen molar-refractivity contribution in [2.24, 2.45) is 17.8 Å². The van der Waals surface area contributed by atoms with E-state index < -0.39 is 0 Å². The zero-order chi connectivity index (χ0) is 24.6. The molecule has 3 fully saturated rings. The van der Waals surface area contributed by atoms with Gasteiger partial charge in [-0.05, 0) is 86.6 Å². The Kier molecular flexibility index (Phi) is 6.52. The molecule has 0 spiro atoms. The van der Waals surface area contributed by atoms with Crippen LogP contribution in [0, 0.1) is 24.7 Å². The van der Waals surface area contributed by atoms with Crippen LogP contribution < -0.4 is 21.1 Å². The quantitative estimate of drug-likeness (QED) is 0.600. The molecule has 1 saturated heterocycles. The van der Waals surface area contributed by atoms with Gasteiger partial charge in [0.15, 0.2) is 0 Å². The Morgan fingerprint density at radius 2 is 2.00 bits per heavy atom. The van der Waals surface area contributed by atoms with E-state index in [9.17, 15) is 9.59 Å². The van der Waals surface area contributed by atoms with Crippen LogP contribution in [0.4, 0.5) is 5.69 Å². The van der Waals surface area contributed by atoms with E-state index in [0.717, 1.165) is 68.4 Å². The van der Waals surface area contributed by atoms with Crippen LogP contribution in [0.3, 0.4) is 0 Å². The number of para-hydroxylation sites is 1. The van der Waals surface area contributed by atoms with E-state index in [4.69, 9.17) is 0 Å². The average Bonchev–Trinajstić information content (AvgIpc) is 3.44. The van der Waals surface area contributed by atoms with Gasteiger partial charge in [0.25, 0.3) is 0 Å². The lowest BCUT2D eigenvalue weighted by Crippen LogP contribution is -2.46. The maximum atomic E-state index is 13.4. The molecule has 2 saturated carbocycles. The molecule has 6 unspecified atom stereocenters. The molecule has 2 aromatic rings. The zero-order valence-corrected chi connectivity index (χ0v) is 21.1. The summed E-state index contributed by atoms with van der Waals surface area (Å²) >= 11 is 0. The summed E-state index contributed by atoms with van der Waals surface area (Å²) in [5, 5.41) is 3.42. The summed E-state index contributed by atoms with van der Waals surface area (Å²) in [4.78, 5) is 32.4. The van der Waals surface area contributed by atoms with Crippen molar-refractivity contribution in [3.05, 3.63) is 59.4 Å². The second-order valence-corrected chi connectivity index (χ2v) is 11.3. The minimum Gasteiger partial charge on any atom is -0.353 e. The Hall–Kier alpha value is -2.77. The van der Waals surface area contributed by atoms with Crippen LogP contribution in [0.25, 0.3) is 0 Å². The largest absolute Gasteiger partial charge is 0.353 e. The number of hydrazine groups is 1. The molecule has 1 aromatic carbocycles. The van der Waals surface area contributed by atoms with E-state index in [0.29, 0.717) is 24.3 Å². The number of fused-ring (bicyclic) bond motifs is 2. The van der Waals surface area contributed by atoms with Crippen LogP contribution in [0.1, 0.15) is 67.8 Å². The van der Waals surface area contributed by atoms with Gasteiger partial charge in [0.05, 0.1) is 12.5 Å². The fraction of sp³-hybridized carbons (Fsp3) is 0.552. The van der Waals surface area contributed by atoms with Crippen molar-refractivity contribution in [1.82, 2.24) is 21.2 Å². The number of rotatable bonds is 5. The molecular weight excluding hydrogens is 450 g/mol. The molecule has 6 atom stereocenters. The van der Waals surface area contributed by atoms with Gasteiger partial charge in [-0.15, -0.1) is 0 Å². The zero-order valence-electron chi connectivity index (χ0n) is 21.1. The van der Waals surface area contributed by atoms with Crippen molar-refractivity contribution in [2.45, 2.75) is 76.4 Å². The lowest BCUT2D eigenvalue weighted by atomic mass is 9.74. The van der Waals surface area contributed by atoms with Crippen LogP contribution in [-0.2, 0) is 16.0 Å². The number of amides is 2. The third kappa shape index (κ3) is 4.66. The van der Waals surface area contributed by atoms with E-state index in [1.165, 1.54) is 5.56 Å². The van der Waals surface area contributed by atoms with Crippen molar-refractivity contribution < 1.29 is 9.59 Å². The first-order chi connectivity index (χ1) is 17.5. The van der Waals surface area contributed by atoms with Crippen LogP contribution in [0.2, 0.25) is 0 Å². The number of pyridine rings is 1. The number of aromatic nitrogens is 1. The summed E-state index contributed by atoms with van der Waals surface area (Å²) in [6.07, 6.45) is 9.45. The molecule has 7 nitrogen and oxygen atoms in total. The topological polar surface area (TPSA) is 86.4 Å². The molecule has 2 aliphatic carbocycles. The van der Waals surface area contributed by atoms with Crippen molar-refractivity contribution in [3.8, 4) is 0 Å². The molecule has 0 bridgehead atoms. The number of aryl methyl sites for hydroxylation is 1. The molecule has 3 N–H and O–H groups in total. The fourth-order valence-corrected chi connectivity index (χ4v) is 7.07. The first kappa shape index (κ1) is 23.6. The van der Waals surface area contributed by atoms with Gasteiger partial charge in [-0.2, -0.15) is 0 Å². The first-order valence-electron chi connectivity index (χ1n) is 13.7. The Morgan fingerprint density at radius 1 is 1.11 bits per heavy atom. The van der Waals surface area contributed by atoms with Crippen molar-refractivity contribution in [3.63, 3.8) is 0 Å². The second kappa shape index (κ2) is 9.94. The number of hydrogen-bond donors (Lipinski definition) is 3. The highest BCUT2D eigenvalue weighted by atomic mass is 16.2. The summed E-state index contributed by atoms with van der Waals surface area (Å²) < 4.78 is 0. The number of carbonyl (C=O) groups is 2. The van der Waals surface area contributed by atoms with Crippen LogP contribution in [0.5, 0.6) is 0 Å². The normalized spacial score (nSPS) is 31.7. The second-order valence-electron chi connectivity index (χ2n) is 11.3. The summed E-state index contributed by atoms with van der Waals surface area (Å²) in [5.74, 6) is 1.31. The minimum atomic E-state index is 0.0609.